The summed E-state index contributed by atoms with van der Waals surface area (Å²) in [6.45, 7) is 0. The van der Waals surface area contributed by atoms with Gasteiger partial charge in [-0.3, -0.25) is 0 Å². The van der Waals surface area contributed by atoms with Gasteiger partial charge < -0.3 is 0 Å². The zero-order valence-corrected chi connectivity index (χ0v) is 6.79. The Labute approximate surface area is 74.2 Å². The van der Waals surface area contributed by atoms with E-state index in [4.69, 9.17) is 0 Å². The molecule has 68 valence electrons. The molecule has 0 fully saturated rings. The van der Waals surface area contributed by atoms with Gasteiger partial charge in [0.05, 0.1) is 0 Å². The molecule has 0 atom stereocenters. The molecule has 0 rings (SSSR count). The minimum Gasteiger partial charge on any atom is -0.216 e. The summed E-state index contributed by atoms with van der Waals surface area (Å²) < 4.78 is 54.3. The maximum Gasteiger partial charge on any atom is 0.398 e. The van der Waals surface area contributed by atoms with Crippen molar-refractivity contribution in [2.75, 3.05) is 0 Å². The monoisotopic (exact) mass is 236 g/mol. The molecule has 0 unspecified atom stereocenters. The highest BCUT2D eigenvalue weighted by atomic mass is 35.5. The summed E-state index contributed by atoms with van der Waals surface area (Å²) in [5.74, 6) is 0. The summed E-state index contributed by atoms with van der Waals surface area (Å²) in [4.78, 5) is 0. The van der Waals surface area contributed by atoms with Crippen molar-refractivity contribution < 1.29 is 22.0 Å². The quantitative estimate of drug-likeness (QED) is 0.480. The van der Waals surface area contributed by atoms with Gasteiger partial charge in [0.1, 0.15) is 0 Å². The average Bonchev–Trinajstić information content (AvgIpc) is 1.60. The molecule has 11 heavy (non-hydrogen) atoms. The second-order valence-electron chi connectivity index (χ2n) is 1.07. The summed E-state index contributed by atoms with van der Waals surface area (Å²) in [7, 11) is 0. The maximum atomic E-state index is 11.1. The molecule has 0 aliphatic rings. The molecule has 2 radical (unpaired) electrons. The lowest BCUT2D eigenvalue weighted by Gasteiger charge is -2.11. The second-order valence-corrected chi connectivity index (χ2v) is 2.16. The van der Waals surface area contributed by atoms with Crippen molar-refractivity contribution in [1.82, 2.24) is 0 Å². The molecule has 8 heteroatoms. The van der Waals surface area contributed by atoms with Gasteiger partial charge >= 0.3 is 10.8 Å². The van der Waals surface area contributed by atoms with Crippen LogP contribution in [-0.2, 0) is 0 Å². The van der Waals surface area contributed by atoms with Crippen molar-refractivity contribution in [3.05, 3.63) is 6.13 Å². The lowest BCUT2D eigenvalue weighted by Crippen LogP contribution is -2.28. The third-order valence-electron chi connectivity index (χ3n) is 0.321. The minimum absolute atomic E-state index is 0.722. The molecule has 0 nitrogen and oxygen atoms in total. The van der Waals surface area contributed by atoms with Crippen molar-refractivity contribution >= 4 is 34.8 Å². The van der Waals surface area contributed by atoms with E-state index >= 15 is 0 Å². The van der Waals surface area contributed by atoms with Crippen LogP contribution in [-0.4, -0.2) is 10.8 Å². The van der Waals surface area contributed by atoms with Crippen LogP contribution in [0, 0.1) is 6.13 Å². The van der Waals surface area contributed by atoms with Gasteiger partial charge in [0, 0.05) is 0 Å². The zero-order chi connectivity index (χ0) is 9.71. The molecule has 0 saturated heterocycles. The van der Waals surface area contributed by atoms with E-state index in [-0.39, 0.29) is 0 Å². The number of hydrogen-bond donors (Lipinski definition) is 0. The van der Waals surface area contributed by atoms with Crippen molar-refractivity contribution in [2.24, 2.45) is 0 Å². The Morgan fingerprint density at radius 1 is 0.909 bits per heavy atom. The smallest absolute Gasteiger partial charge is 0.216 e. The third-order valence-corrected chi connectivity index (χ3v) is 0.893. The van der Waals surface area contributed by atoms with Crippen LogP contribution in [0.4, 0.5) is 22.0 Å². The highest BCUT2D eigenvalue weighted by Crippen LogP contribution is 2.40. The van der Waals surface area contributed by atoms with E-state index in [2.05, 4.69) is 34.8 Å². The van der Waals surface area contributed by atoms with Gasteiger partial charge in [-0.15, -0.1) is 0 Å². The van der Waals surface area contributed by atoms with Gasteiger partial charge in [0.25, 0.3) is 6.13 Å². The van der Waals surface area contributed by atoms with Crippen LogP contribution in [0.5, 0.6) is 0 Å². The standard InChI is InChI=1S/C2Cl2F4.CClF/c3-1(5,6)2(4,7)8;2-1-3. The molecule has 0 bridgehead atoms. The lowest BCUT2D eigenvalue weighted by molar-refractivity contribution is -0.0960. The average molecular weight is 237 g/mol. The van der Waals surface area contributed by atoms with Crippen LogP contribution in [0.25, 0.3) is 0 Å². The predicted octanol–water partition coefficient (Wildman–Crippen LogP) is 3.84. The van der Waals surface area contributed by atoms with Crippen LogP contribution in [0.2, 0.25) is 0 Å². The Kier molecular flexibility index (Phi) is 6.67. The number of alkyl halides is 6. The molecule has 0 aromatic heterocycles. The molecule has 0 saturated carbocycles. The van der Waals surface area contributed by atoms with Crippen molar-refractivity contribution in [3.63, 3.8) is 0 Å². The van der Waals surface area contributed by atoms with E-state index < -0.39 is 10.8 Å². The first kappa shape index (κ1) is 14.1. The Balaban J connectivity index is 0. The first-order valence-electron chi connectivity index (χ1n) is 1.76. The molecular weight excluding hydrogens is 237 g/mol. The first-order valence-corrected chi connectivity index (χ1v) is 2.90. The first-order chi connectivity index (χ1) is 4.66. The minimum atomic E-state index is -4.66. The molecule has 0 N–H and O–H groups in total. The van der Waals surface area contributed by atoms with Gasteiger partial charge in [-0.1, -0.05) is 11.6 Å². The van der Waals surface area contributed by atoms with E-state index in [1.165, 1.54) is 0 Å². The van der Waals surface area contributed by atoms with Crippen LogP contribution in [0.3, 0.4) is 0 Å². The molecule has 0 heterocycles. The van der Waals surface area contributed by atoms with E-state index in [0.717, 1.165) is 6.13 Å². The Morgan fingerprint density at radius 3 is 1.00 bits per heavy atom. The van der Waals surface area contributed by atoms with Crippen LogP contribution in [0.15, 0.2) is 0 Å². The van der Waals surface area contributed by atoms with Gasteiger partial charge in [-0.2, -0.15) is 17.6 Å². The van der Waals surface area contributed by atoms with Crippen LogP contribution >= 0.6 is 34.8 Å². The fraction of sp³-hybridized carbons (Fsp3) is 0.667. The summed E-state index contributed by atoms with van der Waals surface area (Å²) >= 11 is 11.7. The highest BCUT2D eigenvalue weighted by molar-refractivity contribution is 6.31. The normalized spacial score (nSPS) is 12.0. The maximum absolute atomic E-state index is 11.1. The second kappa shape index (κ2) is 5.22. The van der Waals surface area contributed by atoms with Crippen molar-refractivity contribution in [2.45, 2.75) is 10.8 Å². The largest absolute Gasteiger partial charge is 0.398 e. The third kappa shape index (κ3) is 8.43. The van der Waals surface area contributed by atoms with E-state index in [1.54, 1.807) is 0 Å². The fourth-order valence-corrected chi connectivity index (χ4v) is 0. The van der Waals surface area contributed by atoms with Gasteiger partial charge in [0.15, 0.2) is 0 Å². The summed E-state index contributed by atoms with van der Waals surface area (Å²) in [5, 5.41) is -9.32. The van der Waals surface area contributed by atoms with Crippen LogP contribution in [0.1, 0.15) is 0 Å². The molecule has 0 aliphatic heterocycles. The lowest BCUT2D eigenvalue weighted by atomic mass is 10.7. The Hall–Kier alpha value is 0.520. The van der Waals surface area contributed by atoms with Gasteiger partial charge in [-0.05, 0) is 23.2 Å². The summed E-state index contributed by atoms with van der Waals surface area (Å²) in [6, 6.07) is 0. The number of rotatable bonds is 1. The molecule has 0 spiro atoms. The molecule has 0 aliphatic carbocycles. The predicted molar refractivity (Wildman–Crippen MR) is 31.8 cm³/mol. The Morgan fingerprint density at radius 2 is 1.00 bits per heavy atom. The van der Waals surface area contributed by atoms with Crippen molar-refractivity contribution in [1.29, 1.82) is 0 Å². The van der Waals surface area contributed by atoms with E-state index in [1.807, 2.05) is 0 Å². The van der Waals surface area contributed by atoms with Crippen LogP contribution < -0.4 is 0 Å². The molecule has 0 amide bonds. The SMILES string of the molecule is FC(F)(Cl)C(F)(F)Cl.F[C]Cl. The van der Waals surface area contributed by atoms with E-state index in [0.29, 0.717) is 0 Å². The summed E-state index contributed by atoms with van der Waals surface area (Å²) in [5.41, 5.74) is 0. The number of halogens is 8. The topological polar surface area (TPSA) is 0 Å². The van der Waals surface area contributed by atoms with Gasteiger partial charge in [0.2, 0.25) is 0 Å². The van der Waals surface area contributed by atoms with Crippen molar-refractivity contribution in [3.8, 4) is 0 Å². The Bertz CT molecular complexity index is 82.1. The summed E-state index contributed by atoms with van der Waals surface area (Å²) in [6.07, 6.45) is 0.722. The molecule has 0 aromatic rings. The fourth-order valence-electron chi connectivity index (χ4n) is 0. The highest BCUT2D eigenvalue weighted by Gasteiger charge is 2.53. The van der Waals surface area contributed by atoms with Gasteiger partial charge in [-0.25, -0.2) is 4.39 Å². The molecular formula is C3Cl3F5. The zero-order valence-electron chi connectivity index (χ0n) is 4.52. The number of hydrogen-bond acceptors (Lipinski definition) is 0. The molecule has 0 aromatic carbocycles. The van der Waals surface area contributed by atoms with E-state index in [9.17, 15) is 22.0 Å².